The van der Waals surface area contributed by atoms with E-state index < -0.39 is 5.97 Å². The maximum Gasteiger partial charge on any atom is 0.323 e. The van der Waals surface area contributed by atoms with Gasteiger partial charge in [0.1, 0.15) is 6.54 Å². The first kappa shape index (κ1) is 16.4. The third-order valence-corrected chi connectivity index (χ3v) is 4.63. The van der Waals surface area contributed by atoms with E-state index in [1.165, 1.54) is 0 Å². The minimum atomic E-state index is -0.856. The lowest BCUT2D eigenvalue weighted by molar-refractivity contribution is -0.137. The van der Waals surface area contributed by atoms with Crippen molar-refractivity contribution < 1.29 is 9.90 Å². The zero-order valence-electron chi connectivity index (χ0n) is 13.2. The van der Waals surface area contributed by atoms with Crippen LogP contribution in [0.5, 0.6) is 0 Å². The van der Waals surface area contributed by atoms with Gasteiger partial charge in [0.25, 0.3) is 0 Å². The predicted molar refractivity (Wildman–Crippen MR) is 97.6 cm³/mol. The normalized spacial score (nSPS) is 10.8. The number of benzene rings is 2. The third kappa shape index (κ3) is 4.08. The average molecular weight is 341 g/mol. The van der Waals surface area contributed by atoms with Crippen molar-refractivity contribution >= 4 is 34.5 Å². The number of hydrogen-bond donors (Lipinski definition) is 2. The average Bonchev–Trinajstić information content (AvgIpc) is 2.93. The number of carboxylic acid groups (broad SMARTS) is 1. The van der Waals surface area contributed by atoms with Crippen LogP contribution in [0.4, 0.5) is 5.69 Å². The van der Waals surface area contributed by atoms with E-state index in [0.717, 1.165) is 40.6 Å². The fraction of sp³-hybridized carbons (Fsp3) is 0.222. The van der Waals surface area contributed by atoms with Crippen LogP contribution in [0.1, 0.15) is 6.42 Å². The van der Waals surface area contributed by atoms with Crippen LogP contribution < -0.4 is 5.32 Å². The second kappa shape index (κ2) is 7.88. The van der Waals surface area contributed by atoms with Crippen molar-refractivity contribution in [3.8, 4) is 0 Å². The Kier molecular flexibility index (Phi) is 5.38. The van der Waals surface area contributed by atoms with E-state index in [0.29, 0.717) is 0 Å². The van der Waals surface area contributed by atoms with E-state index in [1.54, 1.807) is 16.3 Å². The Bertz CT molecular complexity index is 818. The van der Waals surface area contributed by atoms with Gasteiger partial charge in [0.05, 0.1) is 11.0 Å². The van der Waals surface area contributed by atoms with E-state index >= 15 is 0 Å². The van der Waals surface area contributed by atoms with Gasteiger partial charge in [-0.1, -0.05) is 42.1 Å². The van der Waals surface area contributed by atoms with E-state index in [-0.39, 0.29) is 6.54 Å². The summed E-state index contributed by atoms with van der Waals surface area (Å²) in [6.07, 6.45) is 0.968. The molecule has 0 atom stereocenters. The number of fused-ring (bicyclic) bond motifs is 1. The van der Waals surface area contributed by atoms with E-state index in [4.69, 9.17) is 5.11 Å². The van der Waals surface area contributed by atoms with Crippen molar-refractivity contribution in [1.29, 1.82) is 0 Å². The quantitative estimate of drug-likeness (QED) is 0.483. The lowest BCUT2D eigenvalue weighted by Gasteiger charge is -2.07. The summed E-state index contributed by atoms with van der Waals surface area (Å²) in [6, 6.07) is 17.7. The highest BCUT2D eigenvalue weighted by atomic mass is 32.2. The molecule has 124 valence electrons. The van der Waals surface area contributed by atoms with Gasteiger partial charge < -0.3 is 15.0 Å². The van der Waals surface area contributed by atoms with Crippen LogP contribution in [0.3, 0.4) is 0 Å². The summed E-state index contributed by atoms with van der Waals surface area (Å²) in [5, 5.41) is 13.3. The number of aromatic nitrogens is 2. The fourth-order valence-corrected chi connectivity index (χ4v) is 3.43. The molecule has 2 aromatic carbocycles. The highest BCUT2D eigenvalue weighted by Gasteiger charge is 2.13. The maximum atomic E-state index is 11.1. The molecule has 0 aliphatic heterocycles. The van der Waals surface area contributed by atoms with Gasteiger partial charge in [-0.05, 0) is 30.7 Å². The number of thioether (sulfide) groups is 1. The van der Waals surface area contributed by atoms with Crippen LogP contribution in [-0.4, -0.2) is 32.9 Å². The Morgan fingerprint density at radius 1 is 1.12 bits per heavy atom. The van der Waals surface area contributed by atoms with Crippen LogP contribution in [0.2, 0.25) is 0 Å². The number of rotatable bonds is 8. The molecule has 0 unspecified atom stereocenters. The first-order valence-electron chi connectivity index (χ1n) is 7.83. The largest absolute Gasteiger partial charge is 0.480 e. The molecule has 1 heterocycles. The van der Waals surface area contributed by atoms with E-state index in [1.807, 2.05) is 54.6 Å². The molecule has 6 heteroatoms. The van der Waals surface area contributed by atoms with Gasteiger partial charge in [0.2, 0.25) is 0 Å². The van der Waals surface area contributed by atoms with Gasteiger partial charge in [-0.2, -0.15) is 0 Å². The maximum absolute atomic E-state index is 11.1. The number of para-hydroxylation sites is 3. The molecule has 0 fully saturated rings. The number of aliphatic carboxylic acids is 1. The molecule has 0 bridgehead atoms. The first-order valence-corrected chi connectivity index (χ1v) is 8.81. The van der Waals surface area contributed by atoms with Crippen LogP contribution in [0.25, 0.3) is 11.0 Å². The number of anilines is 1. The molecular formula is C18H19N3O2S. The van der Waals surface area contributed by atoms with Crippen LogP contribution in [0.15, 0.2) is 59.8 Å². The van der Waals surface area contributed by atoms with E-state index in [9.17, 15) is 4.79 Å². The molecule has 0 amide bonds. The van der Waals surface area contributed by atoms with Crippen molar-refractivity contribution in [2.75, 3.05) is 17.6 Å². The molecule has 0 saturated heterocycles. The van der Waals surface area contributed by atoms with Crippen molar-refractivity contribution in [3.63, 3.8) is 0 Å². The van der Waals surface area contributed by atoms with Gasteiger partial charge in [-0.15, -0.1) is 0 Å². The summed E-state index contributed by atoms with van der Waals surface area (Å²) >= 11 is 1.60. The smallest absolute Gasteiger partial charge is 0.323 e. The second-order valence-corrected chi connectivity index (χ2v) is 6.42. The van der Waals surface area contributed by atoms with Gasteiger partial charge in [-0.3, -0.25) is 4.79 Å². The highest BCUT2D eigenvalue weighted by molar-refractivity contribution is 7.99. The van der Waals surface area contributed by atoms with Crippen molar-refractivity contribution in [2.24, 2.45) is 0 Å². The van der Waals surface area contributed by atoms with Crippen LogP contribution in [0, 0.1) is 0 Å². The van der Waals surface area contributed by atoms with Gasteiger partial charge in [-0.25, -0.2) is 4.98 Å². The van der Waals surface area contributed by atoms with Crippen LogP contribution >= 0.6 is 11.8 Å². The molecule has 1 aromatic heterocycles. The Morgan fingerprint density at radius 2 is 1.88 bits per heavy atom. The lowest BCUT2D eigenvalue weighted by atomic mass is 10.3. The number of nitrogens with one attached hydrogen (secondary N) is 1. The number of imidazole rings is 1. The standard InChI is InChI=1S/C18H19N3O2S/c22-17(23)13-21-16-10-5-4-9-15(16)20-18(21)24-12-6-11-19-14-7-2-1-3-8-14/h1-5,7-10,19H,6,11-13H2,(H,22,23). The molecule has 5 nitrogen and oxygen atoms in total. The topological polar surface area (TPSA) is 67.2 Å². The van der Waals surface area contributed by atoms with Gasteiger partial charge in [0, 0.05) is 18.0 Å². The molecule has 3 aromatic rings. The first-order chi connectivity index (χ1) is 11.7. The minimum Gasteiger partial charge on any atom is -0.480 e. The fourth-order valence-electron chi connectivity index (χ4n) is 2.48. The third-order valence-electron chi connectivity index (χ3n) is 3.57. The van der Waals surface area contributed by atoms with Crippen molar-refractivity contribution in [3.05, 3.63) is 54.6 Å². The zero-order chi connectivity index (χ0) is 16.8. The molecule has 24 heavy (non-hydrogen) atoms. The Hall–Kier alpha value is -2.47. The highest BCUT2D eigenvalue weighted by Crippen LogP contribution is 2.24. The molecule has 0 saturated carbocycles. The summed E-state index contributed by atoms with van der Waals surface area (Å²) in [6.45, 7) is 0.807. The summed E-state index contributed by atoms with van der Waals surface area (Å²) in [5.41, 5.74) is 2.81. The number of carboxylic acids is 1. The Labute approximate surface area is 144 Å². The molecule has 0 aliphatic carbocycles. The molecule has 0 aliphatic rings. The number of hydrogen-bond acceptors (Lipinski definition) is 4. The molecule has 0 spiro atoms. The minimum absolute atomic E-state index is 0.0644. The molecule has 0 radical (unpaired) electrons. The second-order valence-electron chi connectivity index (χ2n) is 5.36. The van der Waals surface area contributed by atoms with E-state index in [2.05, 4.69) is 10.3 Å². The predicted octanol–water partition coefficient (Wildman–Crippen LogP) is 3.72. The summed E-state index contributed by atoms with van der Waals surface area (Å²) in [5.74, 6) is 0.0220. The molecule has 3 rings (SSSR count). The molecular weight excluding hydrogens is 322 g/mol. The lowest BCUT2D eigenvalue weighted by Crippen LogP contribution is -2.10. The number of nitrogens with zero attached hydrogens (tertiary/aromatic N) is 2. The monoisotopic (exact) mass is 341 g/mol. The summed E-state index contributed by atoms with van der Waals surface area (Å²) in [4.78, 5) is 15.7. The zero-order valence-corrected chi connectivity index (χ0v) is 14.0. The van der Waals surface area contributed by atoms with Crippen molar-refractivity contribution in [2.45, 2.75) is 18.1 Å². The van der Waals surface area contributed by atoms with Gasteiger partial charge >= 0.3 is 5.97 Å². The molecule has 2 N–H and O–H groups in total. The van der Waals surface area contributed by atoms with Gasteiger partial charge in [0.15, 0.2) is 5.16 Å². The van der Waals surface area contributed by atoms with Crippen LogP contribution in [-0.2, 0) is 11.3 Å². The SMILES string of the molecule is O=C(O)Cn1c(SCCCNc2ccccc2)nc2ccccc21. The summed E-state index contributed by atoms with van der Waals surface area (Å²) in [7, 11) is 0. The Balaban J connectivity index is 1.59. The Morgan fingerprint density at radius 3 is 2.67 bits per heavy atom. The summed E-state index contributed by atoms with van der Waals surface area (Å²) < 4.78 is 1.77. The van der Waals surface area contributed by atoms with Crippen molar-refractivity contribution in [1.82, 2.24) is 9.55 Å². The number of carbonyl (C=O) groups is 1.